The zero-order chi connectivity index (χ0) is 16.8. The van der Waals surface area contributed by atoms with Crippen molar-refractivity contribution >= 4 is 28.9 Å². The van der Waals surface area contributed by atoms with E-state index in [1.165, 1.54) is 32.2 Å². The van der Waals surface area contributed by atoms with Crippen LogP contribution in [0.2, 0.25) is 0 Å². The molecule has 1 fully saturated rings. The molecule has 0 N–H and O–H groups in total. The fraction of sp³-hybridized carbons (Fsp3) is 0.188. The Bertz CT molecular complexity index is 852. The minimum absolute atomic E-state index is 0.0682. The molecule has 1 aromatic heterocycles. The molecule has 118 valence electrons. The Hall–Kier alpha value is -2.83. The zero-order valence-electron chi connectivity index (χ0n) is 12.2. The summed E-state index contributed by atoms with van der Waals surface area (Å²) < 4.78 is 38.4. The van der Waals surface area contributed by atoms with Gasteiger partial charge in [0.05, 0.1) is 5.52 Å². The number of hydrogen-bond donors (Lipinski definition) is 0. The molecule has 23 heavy (non-hydrogen) atoms. The van der Waals surface area contributed by atoms with Crippen LogP contribution in [0.15, 0.2) is 30.0 Å². The van der Waals surface area contributed by atoms with Crippen LogP contribution >= 0.6 is 0 Å². The number of cyclic esters (lactones) is 2. The number of carbonyl (C=O) groups is 2. The molecule has 7 heteroatoms. The number of benzene rings is 1. The van der Waals surface area contributed by atoms with Crippen LogP contribution in [0.25, 0.3) is 17.0 Å². The summed E-state index contributed by atoms with van der Waals surface area (Å²) in [5, 5.41) is 0.0682. The highest BCUT2D eigenvalue weighted by atomic mass is 19.1. The summed E-state index contributed by atoms with van der Waals surface area (Å²) in [4.78, 5) is 27.6. The molecule has 5 nitrogen and oxygen atoms in total. The summed E-state index contributed by atoms with van der Waals surface area (Å²) in [6.07, 6.45) is 2.19. The first-order chi connectivity index (χ1) is 10.8. The van der Waals surface area contributed by atoms with E-state index in [1.807, 2.05) is 0 Å². The molecule has 0 amide bonds. The predicted molar refractivity (Wildman–Crippen MR) is 75.9 cm³/mol. The van der Waals surface area contributed by atoms with Gasteiger partial charge in [-0.1, -0.05) is 0 Å². The Kier molecular flexibility index (Phi) is 3.35. The molecule has 0 saturated carbocycles. The lowest BCUT2D eigenvalue weighted by Crippen LogP contribution is -2.41. The van der Waals surface area contributed by atoms with Gasteiger partial charge in [-0.3, -0.25) is 4.98 Å². The number of aromatic nitrogens is 1. The van der Waals surface area contributed by atoms with Crippen molar-refractivity contribution in [3.63, 3.8) is 0 Å². The summed E-state index contributed by atoms with van der Waals surface area (Å²) in [7, 11) is 0. The van der Waals surface area contributed by atoms with Crippen LogP contribution < -0.4 is 0 Å². The minimum Gasteiger partial charge on any atom is -0.419 e. The van der Waals surface area contributed by atoms with E-state index in [4.69, 9.17) is 9.47 Å². The number of halogens is 2. The summed E-state index contributed by atoms with van der Waals surface area (Å²) >= 11 is 0. The maximum absolute atomic E-state index is 14.5. The fourth-order valence-electron chi connectivity index (χ4n) is 2.22. The Morgan fingerprint density at radius 3 is 2.48 bits per heavy atom. The lowest BCUT2D eigenvalue weighted by Gasteiger charge is -2.29. The van der Waals surface area contributed by atoms with Crippen LogP contribution in [0.3, 0.4) is 0 Å². The van der Waals surface area contributed by atoms with Gasteiger partial charge in [-0.15, -0.1) is 0 Å². The van der Waals surface area contributed by atoms with Crippen molar-refractivity contribution in [1.82, 2.24) is 4.98 Å². The molecule has 1 aliphatic rings. The topological polar surface area (TPSA) is 65.5 Å². The fourth-order valence-corrected chi connectivity index (χ4v) is 2.22. The van der Waals surface area contributed by atoms with Gasteiger partial charge in [0.2, 0.25) is 0 Å². The number of pyridine rings is 1. The number of esters is 2. The Labute approximate surface area is 129 Å². The molecule has 1 aliphatic heterocycles. The summed E-state index contributed by atoms with van der Waals surface area (Å²) in [6.45, 7) is 2.75. The van der Waals surface area contributed by atoms with Gasteiger partial charge < -0.3 is 9.47 Å². The summed E-state index contributed by atoms with van der Waals surface area (Å²) in [6, 6.07) is 3.93. The molecule has 0 unspecified atom stereocenters. The molecular formula is C16H11F2NO4. The Balaban J connectivity index is 2.14. The van der Waals surface area contributed by atoms with Gasteiger partial charge in [-0.25, -0.2) is 18.4 Å². The minimum atomic E-state index is -1.42. The second kappa shape index (κ2) is 5.12. The quantitative estimate of drug-likeness (QED) is 0.459. The predicted octanol–water partition coefficient (Wildman–Crippen LogP) is 2.73. The lowest BCUT2D eigenvalue weighted by atomic mass is 10.1. The molecule has 1 aromatic carbocycles. The number of rotatable bonds is 1. The summed E-state index contributed by atoms with van der Waals surface area (Å²) in [5.74, 6) is -5.30. The first-order valence-electron chi connectivity index (χ1n) is 6.69. The van der Waals surface area contributed by atoms with Gasteiger partial charge in [0.1, 0.15) is 17.2 Å². The highest BCUT2D eigenvalue weighted by Crippen LogP contribution is 2.28. The molecule has 0 atom stereocenters. The maximum Gasteiger partial charge on any atom is 0.348 e. The number of ether oxygens (including phenoxy) is 2. The molecule has 1 saturated heterocycles. The van der Waals surface area contributed by atoms with Gasteiger partial charge in [0, 0.05) is 37.1 Å². The van der Waals surface area contributed by atoms with Crippen molar-refractivity contribution in [3.05, 3.63) is 47.2 Å². The third-order valence-electron chi connectivity index (χ3n) is 3.24. The van der Waals surface area contributed by atoms with Gasteiger partial charge in [0.15, 0.2) is 0 Å². The van der Waals surface area contributed by atoms with E-state index in [-0.39, 0.29) is 10.9 Å². The number of fused-ring (bicyclic) bond motifs is 1. The smallest absolute Gasteiger partial charge is 0.348 e. The SMILES string of the molecule is CC1(C)OC(=O)C(=Cc2c(F)cc3ncccc3c2F)C(=O)O1. The van der Waals surface area contributed by atoms with E-state index in [0.29, 0.717) is 0 Å². The van der Waals surface area contributed by atoms with Crippen molar-refractivity contribution in [2.24, 2.45) is 0 Å². The van der Waals surface area contributed by atoms with E-state index in [0.717, 1.165) is 12.1 Å². The highest BCUT2D eigenvalue weighted by Gasteiger charge is 2.39. The van der Waals surface area contributed by atoms with Crippen LogP contribution in [0.1, 0.15) is 19.4 Å². The number of hydrogen-bond acceptors (Lipinski definition) is 5. The largest absolute Gasteiger partial charge is 0.419 e. The third kappa shape index (κ3) is 2.65. The normalized spacial score (nSPS) is 17.0. The Morgan fingerprint density at radius 2 is 1.83 bits per heavy atom. The van der Waals surface area contributed by atoms with Crippen LogP contribution in [-0.2, 0) is 19.1 Å². The second-order valence-electron chi connectivity index (χ2n) is 5.39. The average molecular weight is 319 g/mol. The molecule has 2 aromatic rings. The van der Waals surface area contributed by atoms with Gasteiger partial charge in [0.25, 0.3) is 5.79 Å². The first-order valence-corrected chi connectivity index (χ1v) is 6.69. The van der Waals surface area contributed by atoms with Crippen molar-refractivity contribution < 1.29 is 27.8 Å². The monoisotopic (exact) mass is 319 g/mol. The molecule has 0 radical (unpaired) electrons. The van der Waals surface area contributed by atoms with Gasteiger partial charge in [-0.05, 0) is 18.2 Å². The van der Waals surface area contributed by atoms with Crippen LogP contribution in [0.5, 0.6) is 0 Å². The second-order valence-corrected chi connectivity index (χ2v) is 5.39. The van der Waals surface area contributed by atoms with Crippen molar-refractivity contribution in [2.75, 3.05) is 0 Å². The van der Waals surface area contributed by atoms with Crippen molar-refractivity contribution in [3.8, 4) is 0 Å². The number of nitrogens with zero attached hydrogens (tertiary/aromatic N) is 1. The molecule has 3 rings (SSSR count). The lowest BCUT2D eigenvalue weighted by molar-refractivity contribution is -0.222. The highest BCUT2D eigenvalue weighted by molar-refractivity contribution is 6.19. The molecule has 0 spiro atoms. The molecular weight excluding hydrogens is 308 g/mol. The third-order valence-corrected chi connectivity index (χ3v) is 3.24. The van der Waals surface area contributed by atoms with E-state index < -0.39 is 40.5 Å². The van der Waals surface area contributed by atoms with E-state index in [2.05, 4.69) is 4.98 Å². The zero-order valence-corrected chi connectivity index (χ0v) is 12.2. The van der Waals surface area contributed by atoms with Crippen LogP contribution in [0.4, 0.5) is 8.78 Å². The molecule has 2 heterocycles. The average Bonchev–Trinajstić information content (AvgIpc) is 2.44. The molecule has 0 aliphatic carbocycles. The van der Waals surface area contributed by atoms with E-state index in [9.17, 15) is 18.4 Å². The standard InChI is InChI=1S/C16H11F2NO4/c1-16(2)22-14(20)10(15(21)23-16)6-9-11(17)7-12-8(13(9)18)4-3-5-19-12/h3-7H,1-2H3. The number of carbonyl (C=O) groups excluding carboxylic acids is 2. The van der Waals surface area contributed by atoms with Crippen molar-refractivity contribution in [1.29, 1.82) is 0 Å². The molecule has 0 bridgehead atoms. The van der Waals surface area contributed by atoms with Crippen LogP contribution in [0, 0.1) is 11.6 Å². The summed E-state index contributed by atoms with van der Waals surface area (Å²) in [5.41, 5.74) is -0.987. The van der Waals surface area contributed by atoms with Crippen molar-refractivity contribution in [2.45, 2.75) is 19.6 Å². The first kappa shape index (κ1) is 15.1. The van der Waals surface area contributed by atoms with E-state index >= 15 is 0 Å². The van der Waals surface area contributed by atoms with Crippen LogP contribution in [-0.4, -0.2) is 22.7 Å². The Morgan fingerprint density at radius 1 is 1.17 bits per heavy atom. The maximum atomic E-state index is 14.5. The van der Waals surface area contributed by atoms with Gasteiger partial charge >= 0.3 is 11.9 Å². The van der Waals surface area contributed by atoms with E-state index in [1.54, 1.807) is 0 Å². The van der Waals surface area contributed by atoms with Gasteiger partial charge in [-0.2, -0.15) is 0 Å².